The molecule has 1 unspecified atom stereocenters. The van der Waals surface area contributed by atoms with E-state index in [1.54, 1.807) is 23.1 Å². The number of nitrogens with two attached hydrogens (primary N) is 1. The zero-order chi connectivity index (χ0) is 14.3. The molecule has 1 aromatic rings. The Morgan fingerprint density at radius 3 is 2.84 bits per heavy atom. The maximum absolute atomic E-state index is 11.9. The van der Waals surface area contributed by atoms with Crippen LogP contribution >= 0.6 is 23.1 Å². The molecule has 0 aliphatic heterocycles. The fourth-order valence-electron chi connectivity index (χ4n) is 1.72. The van der Waals surface area contributed by atoms with E-state index in [-0.39, 0.29) is 11.9 Å². The highest BCUT2D eigenvalue weighted by Crippen LogP contribution is 2.22. The first kappa shape index (κ1) is 16.5. The largest absolute Gasteiger partial charge is 0.353 e. The fraction of sp³-hybridized carbons (Fsp3) is 0.615. The molecule has 1 amide bonds. The van der Waals surface area contributed by atoms with Gasteiger partial charge in [-0.05, 0) is 44.0 Å². The van der Waals surface area contributed by atoms with E-state index in [1.165, 1.54) is 4.88 Å². The van der Waals surface area contributed by atoms with Gasteiger partial charge in [0.2, 0.25) is 5.91 Å². The van der Waals surface area contributed by atoms with Crippen LogP contribution in [0.4, 0.5) is 0 Å². The average molecular weight is 301 g/mol. The lowest BCUT2D eigenvalue weighted by Gasteiger charge is -2.24. The minimum Gasteiger partial charge on any atom is -0.353 e. The first-order chi connectivity index (χ1) is 9.06. The van der Waals surface area contributed by atoms with Crippen LogP contribution in [-0.2, 0) is 4.79 Å². The molecule has 0 fully saturated rings. The summed E-state index contributed by atoms with van der Waals surface area (Å²) in [5.74, 6) is 0.855. The van der Waals surface area contributed by atoms with Crippen molar-refractivity contribution in [2.24, 2.45) is 5.73 Å². The molecular weight excluding hydrogens is 278 g/mol. The van der Waals surface area contributed by atoms with Gasteiger partial charge < -0.3 is 16.0 Å². The summed E-state index contributed by atoms with van der Waals surface area (Å²) in [6.45, 7) is 0.597. The van der Waals surface area contributed by atoms with Gasteiger partial charge in [-0.25, -0.2) is 0 Å². The first-order valence-corrected chi connectivity index (χ1v) is 8.55. The zero-order valence-corrected chi connectivity index (χ0v) is 13.4. The molecule has 0 aromatic carbocycles. The van der Waals surface area contributed by atoms with Gasteiger partial charge in [-0.3, -0.25) is 4.79 Å². The smallest absolute Gasteiger partial charge is 0.237 e. The van der Waals surface area contributed by atoms with Crippen molar-refractivity contribution < 1.29 is 4.79 Å². The highest BCUT2D eigenvalue weighted by Gasteiger charge is 2.18. The lowest BCUT2D eigenvalue weighted by atomic mass is 10.2. The van der Waals surface area contributed by atoms with Crippen LogP contribution in [-0.4, -0.2) is 49.5 Å². The minimum atomic E-state index is -0.404. The molecule has 3 N–H and O–H groups in total. The lowest BCUT2D eigenvalue weighted by molar-refractivity contribution is -0.122. The number of carbonyl (C=O) groups is 1. The lowest BCUT2D eigenvalue weighted by Crippen LogP contribution is -2.43. The first-order valence-electron chi connectivity index (χ1n) is 6.28. The summed E-state index contributed by atoms with van der Waals surface area (Å²) in [6.07, 6.45) is 2.74. The van der Waals surface area contributed by atoms with E-state index in [0.717, 1.165) is 12.2 Å². The maximum atomic E-state index is 11.9. The number of likely N-dealkylation sites (N-methyl/N-ethyl adjacent to an activating group) is 1. The molecule has 1 aromatic heterocycles. The molecule has 0 saturated heterocycles. The van der Waals surface area contributed by atoms with Crippen molar-refractivity contribution >= 4 is 29.0 Å². The van der Waals surface area contributed by atoms with Crippen LogP contribution in [0.25, 0.3) is 0 Å². The van der Waals surface area contributed by atoms with Gasteiger partial charge in [0.1, 0.15) is 0 Å². The Labute approximate surface area is 123 Å². The molecule has 0 bridgehead atoms. The van der Waals surface area contributed by atoms with E-state index in [1.807, 2.05) is 26.4 Å². The van der Waals surface area contributed by atoms with Crippen LogP contribution in [0, 0.1) is 0 Å². The number of hydrogen-bond acceptors (Lipinski definition) is 5. The third kappa shape index (κ3) is 5.52. The summed E-state index contributed by atoms with van der Waals surface area (Å²) in [5.41, 5.74) is 5.85. The summed E-state index contributed by atoms with van der Waals surface area (Å²) in [6, 6.07) is 3.92. The second-order valence-electron chi connectivity index (χ2n) is 4.63. The van der Waals surface area contributed by atoms with E-state index >= 15 is 0 Å². The van der Waals surface area contributed by atoms with Gasteiger partial charge in [-0.15, -0.1) is 11.3 Å². The SMILES string of the molecule is CSCC[C@H](N)C(=O)NCC(c1cccs1)N(C)C. The highest BCUT2D eigenvalue weighted by molar-refractivity contribution is 7.98. The Bertz CT molecular complexity index is 368. The van der Waals surface area contributed by atoms with Crippen molar-refractivity contribution in [3.8, 4) is 0 Å². The van der Waals surface area contributed by atoms with Gasteiger partial charge in [0.15, 0.2) is 0 Å². The van der Waals surface area contributed by atoms with E-state index in [4.69, 9.17) is 5.73 Å². The van der Waals surface area contributed by atoms with Crippen LogP contribution in [0.1, 0.15) is 17.3 Å². The Morgan fingerprint density at radius 1 is 1.58 bits per heavy atom. The van der Waals surface area contributed by atoms with E-state index in [9.17, 15) is 4.79 Å². The molecule has 0 radical (unpaired) electrons. The molecule has 1 rings (SSSR count). The fourth-order valence-corrected chi connectivity index (χ4v) is 3.14. The van der Waals surface area contributed by atoms with Gasteiger partial charge in [-0.2, -0.15) is 11.8 Å². The molecular formula is C13H23N3OS2. The summed E-state index contributed by atoms with van der Waals surface area (Å²) in [7, 11) is 4.04. The number of thiophene rings is 1. The quantitative estimate of drug-likeness (QED) is 0.765. The number of hydrogen-bond donors (Lipinski definition) is 2. The molecule has 108 valence electrons. The van der Waals surface area contributed by atoms with Crippen LogP contribution in [0.15, 0.2) is 17.5 Å². The highest BCUT2D eigenvalue weighted by atomic mass is 32.2. The summed E-state index contributed by atoms with van der Waals surface area (Å²) < 4.78 is 0. The Balaban J connectivity index is 2.46. The average Bonchev–Trinajstić information content (AvgIpc) is 2.89. The molecule has 0 spiro atoms. The normalized spacial score (nSPS) is 14.4. The Hall–Kier alpha value is -0.560. The predicted molar refractivity (Wildman–Crippen MR) is 84.7 cm³/mol. The zero-order valence-electron chi connectivity index (χ0n) is 11.8. The summed E-state index contributed by atoms with van der Waals surface area (Å²) in [5, 5.41) is 5.01. The Kier molecular flexibility index (Phi) is 7.45. The van der Waals surface area contributed by atoms with Crippen LogP contribution in [0.3, 0.4) is 0 Å². The van der Waals surface area contributed by atoms with Crippen molar-refractivity contribution in [1.82, 2.24) is 10.2 Å². The van der Waals surface area contributed by atoms with E-state index < -0.39 is 6.04 Å². The van der Waals surface area contributed by atoms with Gasteiger partial charge >= 0.3 is 0 Å². The standard InChI is InChI=1S/C13H23N3OS2/c1-16(2)11(12-5-4-7-19-12)9-15-13(17)10(14)6-8-18-3/h4-5,7,10-11H,6,8-9,14H2,1-3H3,(H,15,17)/t10-,11?/m0/s1. The van der Waals surface area contributed by atoms with Crippen molar-refractivity contribution in [3.05, 3.63) is 22.4 Å². The number of rotatable bonds is 8. The maximum Gasteiger partial charge on any atom is 0.237 e. The predicted octanol–water partition coefficient (Wildman–Crippen LogP) is 1.55. The molecule has 1 heterocycles. The third-order valence-electron chi connectivity index (χ3n) is 2.93. The third-order valence-corrected chi connectivity index (χ3v) is 4.55. The summed E-state index contributed by atoms with van der Waals surface area (Å²) in [4.78, 5) is 15.2. The molecule has 0 saturated carbocycles. The second kappa shape index (κ2) is 8.58. The monoisotopic (exact) mass is 301 g/mol. The summed E-state index contributed by atoms with van der Waals surface area (Å²) >= 11 is 3.41. The van der Waals surface area contributed by atoms with Crippen LogP contribution < -0.4 is 11.1 Å². The van der Waals surface area contributed by atoms with Gasteiger partial charge in [0, 0.05) is 11.4 Å². The van der Waals surface area contributed by atoms with Gasteiger partial charge in [0.05, 0.1) is 12.1 Å². The second-order valence-corrected chi connectivity index (χ2v) is 6.59. The number of nitrogens with one attached hydrogen (secondary N) is 1. The number of carbonyl (C=O) groups excluding carboxylic acids is 1. The van der Waals surface area contributed by atoms with Crippen molar-refractivity contribution in [1.29, 1.82) is 0 Å². The van der Waals surface area contributed by atoms with Crippen LogP contribution in [0.5, 0.6) is 0 Å². The van der Waals surface area contributed by atoms with Crippen molar-refractivity contribution in [3.63, 3.8) is 0 Å². The number of nitrogens with zero attached hydrogens (tertiary/aromatic N) is 1. The van der Waals surface area contributed by atoms with E-state index in [0.29, 0.717) is 6.54 Å². The molecule has 4 nitrogen and oxygen atoms in total. The van der Waals surface area contributed by atoms with Gasteiger partial charge in [0.25, 0.3) is 0 Å². The molecule has 0 aliphatic carbocycles. The molecule has 2 atom stereocenters. The molecule has 0 aliphatic rings. The van der Waals surface area contributed by atoms with E-state index in [2.05, 4.69) is 21.7 Å². The van der Waals surface area contributed by atoms with Crippen molar-refractivity contribution in [2.45, 2.75) is 18.5 Å². The topological polar surface area (TPSA) is 58.4 Å². The van der Waals surface area contributed by atoms with Gasteiger partial charge in [-0.1, -0.05) is 6.07 Å². The number of amides is 1. The molecule has 6 heteroatoms. The number of thioether (sulfide) groups is 1. The van der Waals surface area contributed by atoms with Crippen LogP contribution in [0.2, 0.25) is 0 Å². The Morgan fingerprint density at radius 2 is 2.32 bits per heavy atom. The van der Waals surface area contributed by atoms with Crippen molar-refractivity contribution in [2.75, 3.05) is 32.6 Å². The molecule has 19 heavy (non-hydrogen) atoms. The minimum absolute atomic E-state index is 0.0579.